The van der Waals surface area contributed by atoms with Gasteiger partial charge in [-0.3, -0.25) is 0 Å². The first-order valence-corrected chi connectivity index (χ1v) is 13.5. The molecular formula is C36H22S. The zero-order valence-corrected chi connectivity index (χ0v) is 20.9. The topological polar surface area (TPSA) is 0 Å². The maximum absolute atomic E-state index is 2.38. The molecule has 172 valence electrons. The van der Waals surface area contributed by atoms with Gasteiger partial charge >= 0.3 is 0 Å². The lowest BCUT2D eigenvalue weighted by molar-refractivity contribution is 1.67. The van der Waals surface area contributed by atoms with E-state index in [0.29, 0.717) is 0 Å². The zero-order chi connectivity index (χ0) is 24.3. The smallest absolute Gasteiger partial charge is 0.0368 e. The number of fused-ring (bicyclic) bond motifs is 6. The van der Waals surface area contributed by atoms with Gasteiger partial charge < -0.3 is 0 Å². The second-order valence-corrected chi connectivity index (χ2v) is 10.7. The van der Waals surface area contributed by atoms with E-state index in [1.54, 1.807) is 0 Å². The van der Waals surface area contributed by atoms with Crippen LogP contribution in [0.2, 0.25) is 0 Å². The van der Waals surface area contributed by atoms with Crippen molar-refractivity contribution in [3.8, 4) is 22.3 Å². The van der Waals surface area contributed by atoms with Gasteiger partial charge in [-0.25, -0.2) is 0 Å². The van der Waals surface area contributed by atoms with Crippen molar-refractivity contribution in [1.82, 2.24) is 0 Å². The van der Waals surface area contributed by atoms with E-state index in [4.69, 9.17) is 0 Å². The molecule has 0 saturated heterocycles. The van der Waals surface area contributed by atoms with Crippen molar-refractivity contribution in [3.05, 3.63) is 133 Å². The van der Waals surface area contributed by atoms with E-state index in [-0.39, 0.29) is 0 Å². The molecule has 0 fully saturated rings. The molecule has 0 bridgehead atoms. The quantitative estimate of drug-likeness (QED) is 0.213. The highest BCUT2D eigenvalue weighted by Crippen LogP contribution is 2.50. The Hall–Kier alpha value is -4.46. The van der Waals surface area contributed by atoms with Gasteiger partial charge in [-0.1, -0.05) is 121 Å². The van der Waals surface area contributed by atoms with E-state index in [1.807, 2.05) is 11.3 Å². The first-order valence-electron chi connectivity index (χ1n) is 12.7. The van der Waals surface area contributed by atoms with Gasteiger partial charge in [-0.05, 0) is 61.1 Å². The van der Waals surface area contributed by atoms with Crippen LogP contribution in [-0.2, 0) is 0 Å². The summed E-state index contributed by atoms with van der Waals surface area (Å²) in [4.78, 5) is 0. The Morgan fingerprint density at radius 1 is 0.351 bits per heavy atom. The molecule has 0 amide bonds. The zero-order valence-electron chi connectivity index (χ0n) is 20.1. The van der Waals surface area contributed by atoms with Crippen LogP contribution in [0.25, 0.3) is 74.7 Å². The first-order chi connectivity index (χ1) is 18.4. The van der Waals surface area contributed by atoms with Crippen LogP contribution in [0, 0.1) is 0 Å². The lowest BCUT2D eigenvalue weighted by Crippen LogP contribution is -1.92. The SMILES string of the molecule is c1ccc(-c2c3ccccc3c(-c3c4ccccc4cc4sc5ccccc5c34)c3ccccc23)cc1. The Bertz CT molecular complexity index is 2070. The van der Waals surface area contributed by atoms with Crippen LogP contribution < -0.4 is 0 Å². The van der Waals surface area contributed by atoms with Crippen molar-refractivity contribution in [1.29, 1.82) is 0 Å². The average molecular weight is 487 g/mol. The highest BCUT2D eigenvalue weighted by atomic mass is 32.1. The summed E-state index contributed by atoms with van der Waals surface area (Å²) in [5.74, 6) is 0. The molecular weight excluding hydrogens is 464 g/mol. The Kier molecular flexibility index (Phi) is 4.49. The Morgan fingerprint density at radius 2 is 0.865 bits per heavy atom. The van der Waals surface area contributed by atoms with Crippen molar-refractivity contribution in [2.24, 2.45) is 0 Å². The van der Waals surface area contributed by atoms with Crippen LogP contribution in [0.4, 0.5) is 0 Å². The molecule has 8 aromatic rings. The van der Waals surface area contributed by atoms with Crippen molar-refractivity contribution in [3.63, 3.8) is 0 Å². The van der Waals surface area contributed by atoms with E-state index in [2.05, 4.69) is 133 Å². The molecule has 1 aromatic heterocycles. The maximum atomic E-state index is 2.38. The molecule has 0 aliphatic carbocycles. The summed E-state index contributed by atoms with van der Waals surface area (Å²) >= 11 is 1.90. The van der Waals surface area contributed by atoms with Gasteiger partial charge in [0, 0.05) is 25.7 Å². The molecule has 8 rings (SSSR count). The van der Waals surface area contributed by atoms with Gasteiger partial charge in [0.05, 0.1) is 0 Å². The number of rotatable bonds is 2. The minimum absolute atomic E-state index is 1.26. The van der Waals surface area contributed by atoms with E-state index >= 15 is 0 Å². The molecule has 0 nitrogen and oxygen atoms in total. The number of hydrogen-bond acceptors (Lipinski definition) is 1. The fourth-order valence-corrected chi connectivity index (χ4v) is 7.29. The molecule has 0 spiro atoms. The second-order valence-electron chi connectivity index (χ2n) is 9.65. The van der Waals surface area contributed by atoms with E-state index in [9.17, 15) is 0 Å². The van der Waals surface area contributed by atoms with Crippen molar-refractivity contribution < 1.29 is 0 Å². The Morgan fingerprint density at radius 3 is 1.54 bits per heavy atom. The number of benzene rings is 7. The van der Waals surface area contributed by atoms with Gasteiger partial charge in [0.1, 0.15) is 0 Å². The molecule has 0 N–H and O–H groups in total. The lowest BCUT2D eigenvalue weighted by atomic mass is 9.83. The number of thiophene rings is 1. The summed E-state index contributed by atoms with van der Waals surface area (Å²) in [7, 11) is 0. The standard InChI is InChI=1S/C36H22S/c1-2-12-23(13-3-1)33-26-16-6-8-18-28(26)34(29-19-9-7-17-27(29)33)36-25-15-5-4-14-24(25)22-32-35(36)30-20-10-11-21-31(30)37-32/h1-22H. The van der Waals surface area contributed by atoms with Gasteiger partial charge in [-0.15, -0.1) is 11.3 Å². The summed E-state index contributed by atoms with van der Waals surface area (Å²) in [5.41, 5.74) is 5.24. The van der Waals surface area contributed by atoms with Crippen LogP contribution in [0.1, 0.15) is 0 Å². The Labute approximate surface area is 219 Å². The highest BCUT2D eigenvalue weighted by Gasteiger charge is 2.21. The minimum Gasteiger partial charge on any atom is -0.135 e. The molecule has 0 unspecified atom stereocenters. The third kappa shape index (κ3) is 3.02. The van der Waals surface area contributed by atoms with E-state index < -0.39 is 0 Å². The Balaban J connectivity index is 1.67. The van der Waals surface area contributed by atoms with E-state index in [0.717, 1.165) is 0 Å². The van der Waals surface area contributed by atoms with Gasteiger partial charge in [-0.2, -0.15) is 0 Å². The fourth-order valence-electron chi connectivity index (χ4n) is 6.12. The van der Waals surface area contributed by atoms with Crippen molar-refractivity contribution in [2.75, 3.05) is 0 Å². The van der Waals surface area contributed by atoms with Crippen LogP contribution in [0.3, 0.4) is 0 Å². The summed E-state index contributed by atoms with van der Waals surface area (Å²) in [6.45, 7) is 0. The van der Waals surface area contributed by atoms with Gasteiger partial charge in [0.25, 0.3) is 0 Å². The highest BCUT2D eigenvalue weighted by molar-refractivity contribution is 7.26. The predicted octanol–water partition coefficient (Wildman–Crippen LogP) is 10.8. The normalized spacial score (nSPS) is 11.8. The largest absolute Gasteiger partial charge is 0.135 e. The van der Waals surface area contributed by atoms with Crippen LogP contribution >= 0.6 is 11.3 Å². The predicted molar refractivity (Wildman–Crippen MR) is 163 cm³/mol. The maximum Gasteiger partial charge on any atom is 0.0368 e. The second kappa shape index (κ2) is 8.03. The molecule has 0 radical (unpaired) electrons. The van der Waals surface area contributed by atoms with Crippen molar-refractivity contribution in [2.45, 2.75) is 0 Å². The van der Waals surface area contributed by atoms with E-state index in [1.165, 1.54) is 74.7 Å². The summed E-state index contributed by atoms with van der Waals surface area (Å²) in [6, 6.07) is 48.9. The average Bonchev–Trinajstić information content (AvgIpc) is 3.33. The molecule has 0 saturated carbocycles. The first kappa shape index (κ1) is 20.7. The fraction of sp³-hybridized carbons (Fsp3) is 0. The molecule has 0 aliphatic heterocycles. The molecule has 1 heterocycles. The minimum atomic E-state index is 1.26. The monoisotopic (exact) mass is 486 g/mol. The lowest BCUT2D eigenvalue weighted by Gasteiger charge is -2.19. The number of hydrogen-bond donors (Lipinski definition) is 0. The third-order valence-electron chi connectivity index (χ3n) is 7.63. The van der Waals surface area contributed by atoms with Crippen LogP contribution in [0.15, 0.2) is 133 Å². The molecule has 0 aliphatic rings. The summed E-state index contributed by atoms with van der Waals surface area (Å²) < 4.78 is 2.68. The van der Waals surface area contributed by atoms with Crippen LogP contribution in [-0.4, -0.2) is 0 Å². The van der Waals surface area contributed by atoms with Gasteiger partial charge in [0.15, 0.2) is 0 Å². The van der Waals surface area contributed by atoms with Crippen LogP contribution in [0.5, 0.6) is 0 Å². The summed E-state index contributed by atoms with van der Waals surface area (Å²) in [6.07, 6.45) is 0. The molecule has 7 aromatic carbocycles. The molecule has 0 atom stereocenters. The van der Waals surface area contributed by atoms with Gasteiger partial charge in [0.2, 0.25) is 0 Å². The third-order valence-corrected chi connectivity index (χ3v) is 8.75. The van der Waals surface area contributed by atoms with Crippen molar-refractivity contribution >= 4 is 63.8 Å². The summed E-state index contributed by atoms with van der Waals surface area (Å²) in [5, 5.41) is 10.5. The molecule has 37 heavy (non-hydrogen) atoms. The molecule has 1 heteroatoms.